The van der Waals surface area contributed by atoms with E-state index in [4.69, 9.17) is 0 Å². The fourth-order valence-electron chi connectivity index (χ4n) is 1.47. The molecule has 1 saturated heterocycles. The number of hydrogen-bond acceptors (Lipinski definition) is 2. The minimum absolute atomic E-state index is 0.296. The van der Waals surface area contributed by atoms with Crippen molar-refractivity contribution < 1.29 is 4.79 Å². The van der Waals surface area contributed by atoms with E-state index in [0.29, 0.717) is 24.2 Å². The molecule has 0 aliphatic carbocycles. The van der Waals surface area contributed by atoms with Gasteiger partial charge in [0, 0.05) is 12.5 Å². The van der Waals surface area contributed by atoms with E-state index in [1.807, 2.05) is 7.05 Å². The molecule has 2 heteroatoms. The predicted molar refractivity (Wildman–Crippen MR) is 40.8 cm³/mol. The molecule has 0 amide bonds. The van der Waals surface area contributed by atoms with E-state index in [0.717, 1.165) is 6.54 Å². The quantitative estimate of drug-likeness (QED) is 0.537. The minimum Gasteiger partial charge on any atom is -0.298 e. The lowest BCUT2D eigenvalue weighted by Crippen LogP contribution is -2.18. The van der Waals surface area contributed by atoms with Crippen LogP contribution in [0.1, 0.15) is 13.8 Å². The molecule has 1 unspecified atom stereocenters. The molecule has 1 rings (SSSR count). The molecule has 58 valence electrons. The molecule has 0 aromatic heterocycles. The van der Waals surface area contributed by atoms with Crippen LogP contribution in [0, 0.1) is 11.8 Å². The van der Waals surface area contributed by atoms with Gasteiger partial charge in [0.1, 0.15) is 0 Å². The zero-order chi connectivity index (χ0) is 7.72. The average molecular weight is 141 g/mol. The van der Waals surface area contributed by atoms with Crippen molar-refractivity contribution in [3.8, 4) is 0 Å². The Labute approximate surface area is 62.2 Å². The first-order chi connectivity index (χ1) is 4.61. The van der Waals surface area contributed by atoms with Crippen molar-refractivity contribution in [2.24, 2.45) is 11.8 Å². The number of carbonyl (C=O) groups excluding carboxylic acids is 1. The number of carbonyl (C=O) groups is 1. The Morgan fingerprint density at radius 2 is 2.20 bits per heavy atom. The lowest BCUT2D eigenvalue weighted by atomic mass is 9.94. The SMILES string of the molecule is CC(C)C1CN(C)CC1=O. The van der Waals surface area contributed by atoms with E-state index in [1.165, 1.54) is 0 Å². The highest BCUT2D eigenvalue weighted by atomic mass is 16.1. The summed E-state index contributed by atoms with van der Waals surface area (Å²) in [6, 6.07) is 0. The minimum atomic E-state index is 0.296. The maximum Gasteiger partial charge on any atom is 0.151 e. The maximum atomic E-state index is 11.2. The van der Waals surface area contributed by atoms with Gasteiger partial charge in [-0.2, -0.15) is 0 Å². The smallest absolute Gasteiger partial charge is 0.151 e. The molecule has 0 N–H and O–H groups in total. The molecular weight excluding hydrogens is 126 g/mol. The third-order valence-corrected chi connectivity index (χ3v) is 2.15. The van der Waals surface area contributed by atoms with Gasteiger partial charge in [0.05, 0.1) is 6.54 Å². The molecule has 0 aromatic carbocycles. The predicted octanol–water partition coefficient (Wildman–Crippen LogP) is 0.773. The molecule has 1 fully saturated rings. The summed E-state index contributed by atoms with van der Waals surface area (Å²) in [6.07, 6.45) is 0. The first kappa shape index (κ1) is 7.73. The van der Waals surface area contributed by atoms with E-state index in [-0.39, 0.29) is 0 Å². The number of likely N-dealkylation sites (N-methyl/N-ethyl adjacent to an activating group) is 1. The average Bonchev–Trinajstić information content (AvgIpc) is 2.10. The zero-order valence-electron chi connectivity index (χ0n) is 6.92. The van der Waals surface area contributed by atoms with Crippen molar-refractivity contribution >= 4 is 5.78 Å². The van der Waals surface area contributed by atoms with Crippen LogP contribution in [0.25, 0.3) is 0 Å². The Kier molecular flexibility index (Phi) is 2.09. The molecule has 2 nitrogen and oxygen atoms in total. The lowest BCUT2D eigenvalue weighted by molar-refractivity contribution is -0.120. The number of hydrogen-bond donors (Lipinski definition) is 0. The zero-order valence-corrected chi connectivity index (χ0v) is 6.92. The fourth-order valence-corrected chi connectivity index (χ4v) is 1.47. The first-order valence-corrected chi connectivity index (χ1v) is 3.82. The molecule has 10 heavy (non-hydrogen) atoms. The largest absolute Gasteiger partial charge is 0.298 e. The Morgan fingerprint density at radius 1 is 1.60 bits per heavy atom. The van der Waals surface area contributed by atoms with Crippen LogP contribution < -0.4 is 0 Å². The summed E-state index contributed by atoms with van der Waals surface area (Å²) in [5.41, 5.74) is 0. The van der Waals surface area contributed by atoms with Gasteiger partial charge in [-0.25, -0.2) is 0 Å². The molecule has 1 heterocycles. The Balaban J connectivity index is 2.55. The third-order valence-electron chi connectivity index (χ3n) is 2.15. The van der Waals surface area contributed by atoms with E-state index >= 15 is 0 Å². The highest BCUT2D eigenvalue weighted by molar-refractivity contribution is 5.85. The van der Waals surface area contributed by atoms with Crippen LogP contribution in [-0.2, 0) is 4.79 Å². The summed E-state index contributed by atoms with van der Waals surface area (Å²) < 4.78 is 0. The van der Waals surface area contributed by atoms with Crippen LogP contribution in [0.5, 0.6) is 0 Å². The standard InChI is InChI=1S/C8H15NO/c1-6(2)7-4-9(3)5-8(7)10/h6-7H,4-5H2,1-3H3. The van der Waals surface area contributed by atoms with Crippen molar-refractivity contribution in [1.82, 2.24) is 4.90 Å². The van der Waals surface area contributed by atoms with Gasteiger partial charge >= 0.3 is 0 Å². The Morgan fingerprint density at radius 3 is 2.40 bits per heavy atom. The lowest BCUT2D eigenvalue weighted by Gasteiger charge is -2.11. The van der Waals surface area contributed by atoms with Gasteiger partial charge in [0.15, 0.2) is 5.78 Å². The molecule has 1 aliphatic rings. The van der Waals surface area contributed by atoms with E-state index in [2.05, 4.69) is 18.7 Å². The van der Waals surface area contributed by atoms with Gasteiger partial charge in [0.2, 0.25) is 0 Å². The van der Waals surface area contributed by atoms with Crippen molar-refractivity contribution in [3.63, 3.8) is 0 Å². The molecular formula is C8H15NO. The van der Waals surface area contributed by atoms with Crippen LogP contribution in [0.4, 0.5) is 0 Å². The van der Waals surface area contributed by atoms with Crippen LogP contribution in [0.2, 0.25) is 0 Å². The van der Waals surface area contributed by atoms with Crippen molar-refractivity contribution in [3.05, 3.63) is 0 Å². The maximum absolute atomic E-state index is 11.2. The second-order valence-electron chi connectivity index (χ2n) is 3.51. The number of ketones is 1. The molecule has 1 atom stereocenters. The number of rotatable bonds is 1. The van der Waals surface area contributed by atoms with Gasteiger partial charge in [-0.05, 0) is 13.0 Å². The molecule has 0 radical (unpaired) electrons. The molecule has 0 aromatic rings. The molecule has 0 saturated carbocycles. The van der Waals surface area contributed by atoms with Gasteiger partial charge < -0.3 is 0 Å². The van der Waals surface area contributed by atoms with E-state index in [1.54, 1.807) is 0 Å². The van der Waals surface area contributed by atoms with Crippen LogP contribution in [-0.4, -0.2) is 30.8 Å². The summed E-state index contributed by atoms with van der Waals surface area (Å²) in [7, 11) is 2.00. The first-order valence-electron chi connectivity index (χ1n) is 3.82. The van der Waals surface area contributed by atoms with Crippen LogP contribution >= 0.6 is 0 Å². The molecule has 0 spiro atoms. The molecule has 0 bridgehead atoms. The van der Waals surface area contributed by atoms with Gasteiger partial charge in [-0.15, -0.1) is 0 Å². The highest BCUT2D eigenvalue weighted by Gasteiger charge is 2.30. The normalized spacial score (nSPS) is 28.4. The Bertz CT molecular complexity index is 142. The van der Waals surface area contributed by atoms with Crippen LogP contribution in [0.15, 0.2) is 0 Å². The van der Waals surface area contributed by atoms with Gasteiger partial charge in [0.25, 0.3) is 0 Å². The van der Waals surface area contributed by atoms with Gasteiger partial charge in [-0.3, -0.25) is 9.69 Å². The summed E-state index contributed by atoms with van der Waals surface area (Å²) in [4.78, 5) is 13.3. The third kappa shape index (κ3) is 1.37. The summed E-state index contributed by atoms with van der Waals surface area (Å²) in [5, 5.41) is 0. The number of nitrogens with zero attached hydrogens (tertiary/aromatic N) is 1. The van der Waals surface area contributed by atoms with Crippen molar-refractivity contribution in [1.29, 1.82) is 0 Å². The van der Waals surface area contributed by atoms with Crippen LogP contribution in [0.3, 0.4) is 0 Å². The topological polar surface area (TPSA) is 20.3 Å². The van der Waals surface area contributed by atoms with Crippen molar-refractivity contribution in [2.75, 3.05) is 20.1 Å². The molecule has 1 aliphatic heterocycles. The summed E-state index contributed by atoms with van der Waals surface area (Å²) in [6.45, 7) is 5.84. The van der Waals surface area contributed by atoms with E-state index in [9.17, 15) is 4.79 Å². The fraction of sp³-hybridized carbons (Fsp3) is 0.875. The Hall–Kier alpha value is -0.370. The second kappa shape index (κ2) is 2.70. The number of Topliss-reactive ketones (excluding diaryl/α,β-unsaturated/α-hetero) is 1. The second-order valence-corrected chi connectivity index (χ2v) is 3.51. The number of likely N-dealkylation sites (tertiary alicyclic amines) is 1. The van der Waals surface area contributed by atoms with Crippen molar-refractivity contribution in [2.45, 2.75) is 13.8 Å². The summed E-state index contributed by atoms with van der Waals surface area (Å²) >= 11 is 0. The summed E-state index contributed by atoms with van der Waals surface area (Å²) in [5.74, 6) is 1.22. The van der Waals surface area contributed by atoms with E-state index < -0.39 is 0 Å². The highest BCUT2D eigenvalue weighted by Crippen LogP contribution is 2.18. The monoisotopic (exact) mass is 141 g/mol. The van der Waals surface area contributed by atoms with Gasteiger partial charge in [-0.1, -0.05) is 13.8 Å².